The predicted molar refractivity (Wildman–Crippen MR) is 99.1 cm³/mol. The highest BCUT2D eigenvalue weighted by atomic mass is 19.1. The van der Waals surface area contributed by atoms with Crippen LogP contribution in [-0.4, -0.2) is 50.7 Å². The molecule has 27 heavy (non-hydrogen) atoms. The number of nitrogens with two attached hydrogens (primary N) is 1. The molecule has 7 heteroatoms. The maximum atomic E-state index is 13.4. The number of hydrogen-bond donors (Lipinski definition) is 2. The van der Waals surface area contributed by atoms with Crippen LogP contribution in [0, 0.1) is 5.82 Å². The van der Waals surface area contributed by atoms with Crippen LogP contribution < -0.4 is 5.73 Å². The van der Waals surface area contributed by atoms with E-state index in [4.69, 9.17) is 25.1 Å². The van der Waals surface area contributed by atoms with Crippen LogP contribution in [0.2, 0.25) is 0 Å². The summed E-state index contributed by atoms with van der Waals surface area (Å²) in [5, 5.41) is 9.15. The fourth-order valence-corrected chi connectivity index (χ4v) is 3.58. The van der Waals surface area contributed by atoms with Gasteiger partial charge in [-0.2, -0.15) is 0 Å². The number of hydrogen-bond acceptors (Lipinski definition) is 5. The molecule has 1 aromatic rings. The van der Waals surface area contributed by atoms with Gasteiger partial charge >= 0.3 is 0 Å². The van der Waals surface area contributed by atoms with E-state index in [2.05, 4.69) is 0 Å². The smallest absolute Gasteiger partial charge is 0.249 e. The molecule has 0 saturated carbocycles. The largest absolute Gasteiger partial charge is 0.498 e. The molecule has 2 rings (SSSR count). The Bertz CT molecular complexity index is 728. The second-order valence-corrected chi connectivity index (χ2v) is 6.30. The van der Waals surface area contributed by atoms with Gasteiger partial charge < -0.3 is 25.1 Å². The van der Waals surface area contributed by atoms with Crippen LogP contribution in [0.15, 0.2) is 41.7 Å². The summed E-state index contributed by atoms with van der Waals surface area (Å²) in [6.07, 6.45) is 2.55. The summed E-state index contributed by atoms with van der Waals surface area (Å²) >= 11 is 0. The molecule has 2 unspecified atom stereocenters. The number of rotatable bonds is 9. The van der Waals surface area contributed by atoms with E-state index >= 15 is 0 Å². The van der Waals surface area contributed by atoms with Crippen molar-refractivity contribution < 1.29 is 28.5 Å². The molecule has 2 atom stereocenters. The molecule has 0 spiro atoms. The average molecular weight is 379 g/mol. The van der Waals surface area contributed by atoms with E-state index in [1.54, 1.807) is 18.2 Å². The van der Waals surface area contributed by atoms with Crippen LogP contribution in [0.5, 0.6) is 0 Å². The summed E-state index contributed by atoms with van der Waals surface area (Å²) in [6.45, 7) is 0.0522. The van der Waals surface area contributed by atoms with Crippen molar-refractivity contribution in [2.75, 3.05) is 27.9 Å². The van der Waals surface area contributed by atoms with E-state index in [1.165, 1.54) is 33.5 Å². The topological polar surface area (TPSA) is 91.0 Å². The molecule has 3 N–H and O–H groups in total. The minimum Gasteiger partial charge on any atom is -0.498 e. The number of unbranched alkanes of at least 4 members (excludes halogenated alkanes) is 1. The van der Waals surface area contributed by atoms with Gasteiger partial charge in [0.1, 0.15) is 17.7 Å². The normalized spacial score (nSPS) is 22.6. The maximum absolute atomic E-state index is 13.4. The van der Waals surface area contributed by atoms with Gasteiger partial charge in [-0.25, -0.2) is 4.39 Å². The van der Waals surface area contributed by atoms with E-state index in [0.29, 0.717) is 36.2 Å². The van der Waals surface area contributed by atoms with Crippen LogP contribution >= 0.6 is 0 Å². The van der Waals surface area contributed by atoms with E-state index in [-0.39, 0.29) is 18.0 Å². The Morgan fingerprint density at radius 2 is 1.89 bits per heavy atom. The monoisotopic (exact) mass is 379 g/mol. The highest BCUT2D eigenvalue weighted by Crippen LogP contribution is 2.44. The van der Waals surface area contributed by atoms with Crippen molar-refractivity contribution in [3.8, 4) is 0 Å². The Labute approximate surface area is 158 Å². The standard InChI is InChI=1S/C20H26FNO5/c1-25-16-12-15(19(22)24)17(13-6-8-14(21)9-7-13)18(26-2)20(16,27-3)10-4-5-11-23/h6-9,12,18,23H,4-5,10-11H2,1-3H3,(H2,22,24). The minimum atomic E-state index is -1.01. The molecule has 1 amide bonds. The molecule has 0 saturated heterocycles. The zero-order valence-electron chi connectivity index (χ0n) is 15.8. The summed E-state index contributed by atoms with van der Waals surface area (Å²) in [5.74, 6) is -0.626. The Balaban J connectivity index is 2.68. The zero-order valence-corrected chi connectivity index (χ0v) is 15.8. The molecule has 1 aliphatic rings. The lowest BCUT2D eigenvalue weighted by atomic mass is 9.75. The molecular formula is C20H26FNO5. The van der Waals surface area contributed by atoms with Gasteiger partial charge in [0.05, 0.1) is 7.11 Å². The van der Waals surface area contributed by atoms with E-state index in [1.807, 2.05) is 0 Å². The molecule has 148 valence electrons. The molecule has 0 radical (unpaired) electrons. The first-order valence-electron chi connectivity index (χ1n) is 8.70. The molecule has 0 heterocycles. The number of ether oxygens (including phenoxy) is 3. The number of amides is 1. The number of halogens is 1. The summed E-state index contributed by atoms with van der Waals surface area (Å²) < 4.78 is 30.6. The summed E-state index contributed by atoms with van der Waals surface area (Å²) in [7, 11) is 4.53. The lowest BCUT2D eigenvalue weighted by Crippen LogP contribution is -2.50. The van der Waals surface area contributed by atoms with Gasteiger partial charge in [-0.3, -0.25) is 4.79 Å². The van der Waals surface area contributed by atoms with Crippen LogP contribution in [0.3, 0.4) is 0 Å². The Morgan fingerprint density at radius 1 is 1.22 bits per heavy atom. The SMILES string of the molecule is COC1=CC(C(N)=O)=C(c2ccc(F)cc2)C(OC)C1(CCCCO)OC. The second-order valence-electron chi connectivity index (χ2n) is 6.30. The third kappa shape index (κ3) is 4.05. The van der Waals surface area contributed by atoms with Gasteiger partial charge in [0.15, 0.2) is 5.60 Å². The van der Waals surface area contributed by atoms with Gasteiger partial charge in [0.2, 0.25) is 5.91 Å². The van der Waals surface area contributed by atoms with Gasteiger partial charge in [-0.15, -0.1) is 0 Å². The number of aliphatic hydroxyl groups excluding tert-OH is 1. The lowest BCUT2D eigenvalue weighted by molar-refractivity contribution is -0.115. The van der Waals surface area contributed by atoms with Gasteiger partial charge in [0.25, 0.3) is 0 Å². The number of carbonyl (C=O) groups excluding carboxylic acids is 1. The average Bonchev–Trinajstić information content (AvgIpc) is 2.67. The molecule has 0 aromatic heterocycles. The van der Waals surface area contributed by atoms with Crippen molar-refractivity contribution in [2.24, 2.45) is 5.73 Å². The molecule has 0 fully saturated rings. The first kappa shape index (κ1) is 21.1. The second kappa shape index (κ2) is 9.12. The van der Waals surface area contributed by atoms with Crippen molar-refractivity contribution in [1.29, 1.82) is 0 Å². The van der Waals surface area contributed by atoms with Crippen LogP contribution in [0.4, 0.5) is 4.39 Å². The molecule has 0 aliphatic heterocycles. The van der Waals surface area contributed by atoms with Gasteiger partial charge in [0, 0.05) is 32.0 Å². The fraction of sp³-hybridized carbons (Fsp3) is 0.450. The van der Waals surface area contributed by atoms with Crippen LogP contribution in [0.25, 0.3) is 5.57 Å². The highest BCUT2D eigenvalue weighted by molar-refractivity contribution is 6.04. The Kier molecular flexibility index (Phi) is 7.12. The molecule has 6 nitrogen and oxygen atoms in total. The third-order valence-electron chi connectivity index (χ3n) is 4.87. The van der Waals surface area contributed by atoms with Crippen molar-refractivity contribution in [1.82, 2.24) is 0 Å². The number of benzene rings is 1. The summed E-state index contributed by atoms with van der Waals surface area (Å²) in [6, 6.07) is 5.76. The first-order chi connectivity index (χ1) is 12.9. The highest BCUT2D eigenvalue weighted by Gasteiger charge is 2.49. The zero-order chi connectivity index (χ0) is 20.0. The summed E-state index contributed by atoms with van der Waals surface area (Å²) in [5.41, 5.74) is 5.93. The fourth-order valence-electron chi connectivity index (χ4n) is 3.58. The van der Waals surface area contributed by atoms with Crippen molar-refractivity contribution in [3.63, 3.8) is 0 Å². The predicted octanol–water partition coefficient (Wildman–Crippen LogP) is 2.17. The minimum absolute atomic E-state index is 0.0522. The van der Waals surface area contributed by atoms with E-state index in [0.717, 1.165) is 0 Å². The van der Waals surface area contributed by atoms with Gasteiger partial charge in [-0.05, 0) is 43.0 Å². The lowest BCUT2D eigenvalue weighted by Gasteiger charge is -2.43. The molecule has 1 aliphatic carbocycles. The van der Waals surface area contributed by atoms with Gasteiger partial charge in [-0.1, -0.05) is 12.1 Å². The van der Waals surface area contributed by atoms with Crippen LogP contribution in [-0.2, 0) is 19.0 Å². The maximum Gasteiger partial charge on any atom is 0.249 e. The van der Waals surface area contributed by atoms with Crippen molar-refractivity contribution in [2.45, 2.75) is 31.0 Å². The third-order valence-corrected chi connectivity index (χ3v) is 4.87. The number of carbonyl (C=O) groups is 1. The van der Waals surface area contributed by atoms with E-state index in [9.17, 15) is 9.18 Å². The Hall–Kier alpha value is -2.22. The molecule has 0 bridgehead atoms. The number of methoxy groups -OCH3 is 3. The quantitative estimate of drug-likeness (QED) is 0.642. The van der Waals surface area contributed by atoms with Crippen LogP contribution in [0.1, 0.15) is 24.8 Å². The van der Waals surface area contributed by atoms with E-state index < -0.39 is 17.6 Å². The molecule has 1 aromatic carbocycles. The number of aliphatic hydroxyl groups is 1. The van der Waals surface area contributed by atoms with Crippen molar-refractivity contribution >= 4 is 11.5 Å². The van der Waals surface area contributed by atoms with Crippen molar-refractivity contribution in [3.05, 3.63) is 53.1 Å². The first-order valence-corrected chi connectivity index (χ1v) is 8.70. The Morgan fingerprint density at radius 3 is 2.37 bits per heavy atom. The summed E-state index contributed by atoms with van der Waals surface area (Å²) in [4.78, 5) is 12.1. The number of primary amides is 1. The molecular weight excluding hydrogens is 353 g/mol.